The van der Waals surface area contributed by atoms with Crippen molar-refractivity contribution in [2.24, 2.45) is 0 Å². The molecule has 0 amide bonds. The third kappa shape index (κ3) is 2.29. The molecular formula is C7H9N2O4+. The normalized spacial score (nSPS) is 12.3. The lowest BCUT2D eigenvalue weighted by Gasteiger charge is -2.04. The van der Waals surface area contributed by atoms with Crippen LogP contribution >= 0.6 is 0 Å². The second kappa shape index (κ2) is 3.70. The Labute approximate surface area is 73.4 Å². The van der Waals surface area contributed by atoms with Gasteiger partial charge in [0.1, 0.15) is 12.4 Å². The van der Waals surface area contributed by atoms with Crippen LogP contribution in [0.3, 0.4) is 0 Å². The van der Waals surface area contributed by atoms with Gasteiger partial charge in [0.05, 0.1) is 6.42 Å². The second-order valence-electron chi connectivity index (χ2n) is 2.51. The van der Waals surface area contributed by atoms with Crippen molar-refractivity contribution in [1.29, 1.82) is 0 Å². The topological polar surface area (TPSA) is 94.3 Å². The molecule has 0 aliphatic carbocycles. The average molecular weight is 185 g/mol. The SMILES string of the molecule is O=C(O)CC(C(=O)O)[n+]1cc[nH]c1. The molecule has 3 N–H and O–H groups in total. The Balaban J connectivity index is 2.81. The van der Waals surface area contributed by atoms with Gasteiger partial charge >= 0.3 is 11.9 Å². The fourth-order valence-corrected chi connectivity index (χ4v) is 0.981. The highest BCUT2D eigenvalue weighted by Crippen LogP contribution is 2.02. The predicted molar refractivity (Wildman–Crippen MR) is 39.9 cm³/mol. The number of H-pyrrole nitrogens is 1. The summed E-state index contributed by atoms with van der Waals surface area (Å²) in [5, 5.41) is 17.1. The summed E-state index contributed by atoms with van der Waals surface area (Å²) in [6.07, 6.45) is 3.97. The van der Waals surface area contributed by atoms with Gasteiger partial charge in [-0.2, -0.15) is 0 Å². The van der Waals surface area contributed by atoms with Crippen molar-refractivity contribution < 1.29 is 24.4 Å². The number of aromatic nitrogens is 2. The molecule has 1 aromatic rings. The van der Waals surface area contributed by atoms with Crippen molar-refractivity contribution in [2.45, 2.75) is 12.5 Å². The van der Waals surface area contributed by atoms with Gasteiger partial charge < -0.3 is 10.2 Å². The van der Waals surface area contributed by atoms with E-state index in [4.69, 9.17) is 10.2 Å². The van der Waals surface area contributed by atoms with Crippen LogP contribution in [0, 0.1) is 0 Å². The zero-order valence-electron chi connectivity index (χ0n) is 6.67. The summed E-state index contributed by atoms with van der Waals surface area (Å²) in [6, 6.07) is -1.05. The second-order valence-corrected chi connectivity index (χ2v) is 2.51. The molecule has 0 saturated carbocycles. The molecule has 0 spiro atoms. The fraction of sp³-hybridized carbons (Fsp3) is 0.286. The Morgan fingerprint density at radius 3 is 2.54 bits per heavy atom. The number of carboxylic acids is 2. The molecular weight excluding hydrogens is 176 g/mol. The maximum absolute atomic E-state index is 10.6. The number of hydrogen-bond donors (Lipinski definition) is 3. The first-order valence-corrected chi connectivity index (χ1v) is 3.59. The number of nitrogens with one attached hydrogen (secondary N) is 1. The van der Waals surface area contributed by atoms with Gasteiger partial charge in [0.2, 0.25) is 12.4 Å². The molecule has 0 radical (unpaired) electrons. The number of hydrogen-bond acceptors (Lipinski definition) is 2. The Hall–Kier alpha value is -1.85. The minimum atomic E-state index is -1.16. The lowest BCUT2D eigenvalue weighted by atomic mass is 10.2. The largest absolute Gasteiger partial charge is 0.481 e. The summed E-state index contributed by atoms with van der Waals surface area (Å²) in [5.41, 5.74) is 0. The lowest BCUT2D eigenvalue weighted by Crippen LogP contribution is -2.43. The number of aliphatic carboxylic acids is 2. The van der Waals surface area contributed by atoms with E-state index in [2.05, 4.69) is 4.98 Å². The number of rotatable bonds is 4. The molecule has 6 nitrogen and oxygen atoms in total. The third-order valence-electron chi connectivity index (χ3n) is 1.58. The molecule has 1 aromatic heterocycles. The van der Waals surface area contributed by atoms with E-state index in [-0.39, 0.29) is 0 Å². The van der Waals surface area contributed by atoms with Gasteiger partial charge in [0.15, 0.2) is 0 Å². The van der Waals surface area contributed by atoms with Crippen molar-refractivity contribution in [3.05, 3.63) is 18.7 Å². The minimum Gasteiger partial charge on any atom is -0.481 e. The standard InChI is InChI=1S/C7H8N2O4/c10-6(11)3-5(7(12)13)9-2-1-8-4-9/h1-2,4-5H,3H2,(H2,10,11,12,13)/p+1. The molecule has 1 unspecified atom stereocenters. The highest BCUT2D eigenvalue weighted by Gasteiger charge is 2.26. The van der Waals surface area contributed by atoms with Gasteiger partial charge in [-0.25, -0.2) is 9.36 Å². The Morgan fingerprint density at radius 1 is 1.46 bits per heavy atom. The van der Waals surface area contributed by atoms with Crippen molar-refractivity contribution >= 4 is 11.9 Å². The summed E-state index contributed by atoms with van der Waals surface area (Å²) in [4.78, 5) is 23.6. The smallest absolute Gasteiger partial charge is 0.349 e. The summed E-state index contributed by atoms with van der Waals surface area (Å²) >= 11 is 0. The van der Waals surface area contributed by atoms with E-state index in [1.807, 2.05) is 0 Å². The first-order valence-electron chi connectivity index (χ1n) is 3.59. The zero-order valence-corrected chi connectivity index (χ0v) is 6.67. The maximum Gasteiger partial charge on any atom is 0.349 e. The number of nitrogens with zero attached hydrogens (tertiary/aromatic N) is 1. The monoisotopic (exact) mass is 185 g/mol. The average Bonchev–Trinajstić information content (AvgIpc) is 2.50. The van der Waals surface area contributed by atoms with Crippen LogP contribution in [0.25, 0.3) is 0 Å². The molecule has 70 valence electrons. The van der Waals surface area contributed by atoms with Gasteiger partial charge in [-0.05, 0) is 0 Å². The summed E-state index contributed by atoms with van der Waals surface area (Å²) < 4.78 is 1.30. The van der Waals surface area contributed by atoms with Crippen LogP contribution in [0.5, 0.6) is 0 Å². The van der Waals surface area contributed by atoms with Crippen LogP contribution in [0.15, 0.2) is 18.7 Å². The van der Waals surface area contributed by atoms with Crippen LogP contribution in [-0.4, -0.2) is 27.1 Å². The van der Waals surface area contributed by atoms with Gasteiger partial charge in [0, 0.05) is 0 Å². The Kier molecular flexibility index (Phi) is 2.63. The predicted octanol–water partition coefficient (Wildman–Crippen LogP) is -0.597. The fourth-order valence-electron chi connectivity index (χ4n) is 0.981. The zero-order chi connectivity index (χ0) is 9.84. The van der Waals surface area contributed by atoms with Crippen LogP contribution in [0.2, 0.25) is 0 Å². The molecule has 0 saturated heterocycles. The summed E-state index contributed by atoms with van der Waals surface area (Å²) in [7, 11) is 0. The van der Waals surface area contributed by atoms with E-state index in [0.717, 1.165) is 0 Å². The van der Waals surface area contributed by atoms with Crippen LogP contribution < -0.4 is 4.57 Å². The molecule has 13 heavy (non-hydrogen) atoms. The minimum absolute atomic E-state index is 0.433. The van der Waals surface area contributed by atoms with E-state index in [9.17, 15) is 9.59 Å². The first kappa shape index (κ1) is 9.24. The molecule has 1 rings (SSSR count). The van der Waals surface area contributed by atoms with Gasteiger partial charge in [-0.3, -0.25) is 9.78 Å². The van der Waals surface area contributed by atoms with Crippen molar-refractivity contribution in [3.63, 3.8) is 0 Å². The van der Waals surface area contributed by atoms with E-state index in [0.29, 0.717) is 0 Å². The Bertz CT molecular complexity index is 306. The van der Waals surface area contributed by atoms with E-state index in [1.165, 1.54) is 23.3 Å². The number of imidazole rings is 1. The Morgan fingerprint density at radius 2 is 2.15 bits per heavy atom. The number of aromatic amines is 1. The molecule has 0 fully saturated rings. The highest BCUT2D eigenvalue weighted by atomic mass is 16.4. The molecule has 0 aliphatic rings. The van der Waals surface area contributed by atoms with Gasteiger partial charge in [-0.1, -0.05) is 0 Å². The molecule has 0 aliphatic heterocycles. The number of carboxylic acid groups (broad SMARTS) is 2. The van der Waals surface area contributed by atoms with Crippen LogP contribution in [-0.2, 0) is 9.59 Å². The van der Waals surface area contributed by atoms with E-state index >= 15 is 0 Å². The van der Waals surface area contributed by atoms with E-state index in [1.54, 1.807) is 0 Å². The molecule has 1 atom stereocenters. The van der Waals surface area contributed by atoms with Gasteiger partial charge in [0.25, 0.3) is 0 Å². The maximum atomic E-state index is 10.6. The quantitative estimate of drug-likeness (QED) is 0.546. The third-order valence-corrected chi connectivity index (χ3v) is 1.58. The van der Waals surface area contributed by atoms with E-state index < -0.39 is 24.4 Å². The number of carbonyl (C=O) groups is 2. The molecule has 1 heterocycles. The van der Waals surface area contributed by atoms with Crippen molar-refractivity contribution in [2.75, 3.05) is 0 Å². The van der Waals surface area contributed by atoms with Crippen LogP contribution in [0.1, 0.15) is 12.5 Å². The molecule has 6 heteroatoms. The van der Waals surface area contributed by atoms with Crippen LogP contribution in [0.4, 0.5) is 0 Å². The lowest BCUT2D eigenvalue weighted by molar-refractivity contribution is -0.708. The van der Waals surface area contributed by atoms with Crippen molar-refractivity contribution in [1.82, 2.24) is 4.98 Å². The summed E-state index contributed by atoms with van der Waals surface area (Å²) in [5.74, 6) is -2.30. The molecule has 0 bridgehead atoms. The summed E-state index contributed by atoms with van der Waals surface area (Å²) in [6.45, 7) is 0. The molecule has 0 aromatic carbocycles. The first-order chi connectivity index (χ1) is 6.11. The highest BCUT2D eigenvalue weighted by molar-refractivity contribution is 5.77. The van der Waals surface area contributed by atoms with Crippen molar-refractivity contribution in [3.8, 4) is 0 Å². The van der Waals surface area contributed by atoms with Gasteiger partial charge in [-0.15, -0.1) is 0 Å².